The van der Waals surface area contributed by atoms with Crippen LogP contribution >= 0.6 is 0 Å². The normalized spacial score (nSPS) is 18.4. The molecule has 1 heterocycles. The summed E-state index contributed by atoms with van der Waals surface area (Å²) >= 11 is 0. The van der Waals surface area contributed by atoms with Crippen LogP contribution in [0, 0.1) is 5.82 Å². The lowest BCUT2D eigenvalue weighted by Gasteiger charge is -2.27. The predicted octanol–water partition coefficient (Wildman–Crippen LogP) is 2.08. The largest absolute Gasteiger partial charge is 0.482 e. The van der Waals surface area contributed by atoms with Crippen molar-refractivity contribution >= 4 is 23.6 Å². The van der Waals surface area contributed by atoms with Crippen LogP contribution in [-0.4, -0.2) is 64.9 Å². The molecule has 0 aliphatic carbocycles. The smallest absolute Gasteiger partial charge is 0.341 e. The van der Waals surface area contributed by atoms with Crippen molar-refractivity contribution in [3.05, 3.63) is 59.9 Å². The van der Waals surface area contributed by atoms with Gasteiger partial charge in [0.2, 0.25) is 0 Å². The number of ether oxygens (including phenoxy) is 1. The molecule has 9 nitrogen and oxygen atoms in total. The third-order valence-electron chi connectivity index (χ3n) is 4.99. The topological polar surface area (TPSA) is 128 Å². The Kier molecular flexibility index (Phi) is 7.61. The molecule has 1 aliphatic heterocycles. The Balaban J connectivity index is 1.61. The van der Waals surface area contributed by atoms with Gasteiger partial charge in [-0.3, -0.25) is 4.79 Å². The molecule has 170 valence electrons. The van der Waals surface area contributed by atoms with Crippen molar-refractivity contribution in [2.24, 2.45) is 0 Å². The molecule has 2 atom stereocenters. The number of hydrogen-bond acceptors (Lipinski definition) is 5. The monoisotopic (exact) mass is 445 g/mol. The SMILES string of the molecule is O=C(O)COc1ccc(C(=O)N[C@H]2CN(C(=O)Nc3ccc(F)cc3)CCC[C@H]2O)cc1. The van der Waals surface area contributed by atoms with Crippen LogP contribution in [-0.2, 0) is 4.79 Å². The molecule has 10 heteroatoms. The molecule has 0 spiro atoms. The number of carboxylic acid groups (broad SMARTS) is 1. The molecule has 2 aromatic rings. The third-order valence-corrected chi connectivity index (χ3v) is 4.99. The molecule has 4 N–H and O–H groups in total. The maximum atomic E-state index is 13.1. The molecule has 32 heavy (non-hydrogen) atoms. The number of carbonyl (C=O) groups is 3. The number of carbonyl (C=O) groups excluding carboxylic acids is 2. The zero-order valence-electron chi connectivity index (χ0n) is 17.2. The summed E-state index contributed by atoms with van der Waals surface area (Å²) in [6, 6.07) is 10.2. The number of rotatable bonds is 6. The predicted molar refractivity (Wildman–Crippen MR) is 113 cm³/mol. The second kappa shape index (κ2) is 10.6. The molecular formula is C22H24FN3O6. The highest BCUT2D eigenvalue weighted by Gasteiger charge is 2.29. The molecule has 0 saturated carbocycles. The fourth-order valence-electron chi connectivity index (χ4n) is 3.30. The lowest BCUT2D eigenvalue weighted by Crippen LogP contribution is -2.50. The van der Waals surface area contributed by atoms with E-state index in [1.165, 1.54) is 53.4 Å². The van der Waals surface area contributed by atoms with E-state index in [2.05, 4.69) is 10.6 Å². The van der Waals surface area contributed by atoms with Crippen molar-refractivity contribution in [1.29, 1.82) is 0 Å². The van der Waals surface area contributed by atoms with E-state index in [9.17, 15) is 23.9 Å². The van der Waals surface area contributed by atoms with Crippen LogP contribution in [0.2, 0.25) is 0 Å². The van der Waals surface area contributed by atoms with Crippen molar-refractivity contribution in [1.82, 2.24) is 10.2 Å². The van der Waals surface area contributed by atoms with Gasteiger partial charge in [0.25, 0.3) is 5.91 Å². The summed E-state index contributed by atoms with van der Waals surface area (Å²) in [6.07, 6.45) is 0.133. The minimum atomic E-state index is -1.11. The Morgan fingerprint density at radius 3 is 2.44 bits per heavy atom. The first-order valence-corrected chi connectivity index (χ1v) is 10.1. The van der Waals surface area contributed by atoms with Gasteiger partial charge in [-0.2, -0.15) is 0 Å². The van der Waals surface area contributed by atoms with E-state index in [0.29, 0.717) is 36.4 Å². The first kappa shape index (κ1) is 23.0. The molecule has 0 aromatic heterocycles. The highest BCUT2D eigenvalue weighted by Crippen LogP contribution is 2.16. The van der Waals surface area contributed by atoms with Crippen molar-refractivity contribution in [3.8, 4) is 5.75 Å². The summed E-state index contributed by atoms with van der Waals surface area (Å²) in [6.45, 7) is 0.00143. The molecule has 3 rings (SSSR count). The van der Waals surface area contributed by atoms with Crippen LogP contribution in [0.4, 0.5) is 14.9 Å². The molecule has 3 amide bonds. The van der Waals surface area contributed by atoms with E-state index >= 15 is 0 Å². The number of benzene rings is 2. The Bertz CT molecular complexity index is 951. The fraction of sp³-hybridized carbons (Fsp3) is 0.318. The number of amides is 3. The quantitative estimate of drug-likeness (QED) is 0.539. The minimum absolute atomic E-state index is 0.0970. The van der Waals surface area contributed by atoms with Gasteiger partial charge in [0.05, 0.1) is 12.1 Å². The summed E-state index contributed by atoms with van der Waals surface area (Å²) < 4.78 is 18.1. The number of hydrogen-bond donors (Lipinski definition) is 4. The Hall–Kier alpha value is -3.66. The number of halogens is 1. The van der Waals surface area contributed by atoms with E-state index in [0.717, 1.165) is 0 Å². The van der Waals surface area contributed by atoms with Gasteiger partial charge >= 0.3 is 12.0 Å². The van der Waals surface area contributed by atoms with Gasteiger partial charge in [-0.05, 0) is 61.4 Å². The molecule has 0 radical (unpaired) electrons. The second-order valence-corrected chi connectivity index (χ2v) is 7.38. The summed E-state index contributed by atoms with van der Waals surface area (Å²) in [5.74, 6) is -1.66. The number of likely N-dealkylation sites (tertiary alicyclic amines) is 1. The highest BCUT2D eigenvalue weighted by molar-refractivity contribution is 5.94. The first-order chi connectivity index (χ1) is 15.3. The molecule has 1 saturated heterocycles. The molecular weight excluding hydrogens is 421 g/mol. The van der Waals surface area contributed by atoms with Crippen molar-refractivity contribution in [3.63, 3.8) is 0 Å². The summed E-state index contributed by atoms with van der Waals surface area (Å²) in [4.78, 5) is 37.3. The number of nitrogens with one attached hydrogen (secondary N) is 2. The van der Waals surface area contributed by atoms with Crippen LogP contribution in [0.3, 0.4) is 0 Å². The Morgan fingerprint density at radius 1 is 1.09 bits per heavy atom. The van der Waals surface area contributed by atoms with E-state index in [1.54, 1.807) is 0 Å². The molecule has 0 bridgehead atoms. The number of urea groups is 1. The van der Waals surface area contributed by atoms with Crippen LogP contribution in [0.25, 0.3) is 0 Å². The lowest BCUT2D eigenvalue weighted by atomic mass is 10.1. The van der Waals surface area contributed by atoms with Crippen LogP contribution in [0.1, 0.15) is 23.2 Å². The maximum Gasteiger partial charge on any atom is 0.341 e. The van der Waals surface area contributed by atoms with Crippen molar-refractivity contribution in [2.45, 2.75) is 25.0 Å². The van der Waals surface area contributed by atoms with Crippen LogP contribution in [0.5, 0.6) is 5.75 Å². The Morgan fingerprint density at radius 2 is 1.78 bits per heavy atom. The zero-order chi connectivity index (χ0) is 23.1. The summed E-state index contributed by atoms with van der Waals surface area (Å²) in [7, 11) is 0. The maximum absolute atomic E-state index is 13.1. The number of aliphatic hydroxyl groups is 1. The number of nitrogens with zero attached hydrogens (tertiary/aromatic N) is 1. The van der Waals surface area contributed by atoms with Crippen molar-refractivity contribution < 1.29 is 33.7 Å². The number of anilines is 1. The lowest BCUT2D eigenvalue weighted by molar-refractivity contribution is -0.139. The summed E-state index contributed by atoms with van der Waals surface area (Å²) in [5, 5.41) is 24.5. The van der Waals surface area contributed by atoms with Gasteiger partial charge in [0.1, 0.15) is 11.6 Å². The van der Waals surface area contributed by atoms with Gasteiger partial charge in [-0.25, -0.2) is 14.0 Å². The average molecular weight is 445 g/mol. The van der Waals surface area contributed by atoms with Gasteiger partial charge in [0.15, 0.2) is 6.61 Å². The van der Waals surface area contributed by atoms with E-state index in [1.807, 2.05) is 0 Å². The third kappa shape index (κ3) is 6.42. The number of carboxylic acids is 1. The van der Waals surface area contributed by atoms with Gasteiger partial charge in [-0.1, -0.05) is 0 Å². The molecule has 2 aromatic carbocycles. The van der Waals surface area contributed by atoms with Gasteiger partial charge in [0, 0.05) is 24.3 Å². The first-order valence-electron chi connectivity index (χ1n) is 10.1. The molecule has 0 unspecified atom stereocenters. The van der Waals surface area contributed by atoms with Gasteiger partial charge in [-0.15, -0.1) is 0 Å². The summed E-state index contributed by atoms with van der Waals surface area (Å²) in [5.41, 5.74) is 0.735. The second-order valence-electron chi connectivity index (χ2n) is 7.38. The Labute approximate surface area is 183 Å². The van der Waals surface area contributed by atoms with E-state index in [-0.39, 0.29) is 6.54 Å². The minimum Gasteiger partial charge on any atom is -0.482 e. The number of aliphatic carboxylic acids is 1. The molecule has 1 fully saturated rings. The fourth-order valence-corrected chi connectivity index (χ4v) is 3.30. The van der Waals surface area contributed by atoms with Crippen LogP contribution in [0.15, 0.2) is 48.5 Å². The van der Waals surface area contributed by atoms with Gasteiger partial charge < -0.3 is 30.5 Å². The number of aliphatic hydroxyl groups excluding tert-OH is 1. The highest BCUT2D eigenvalue weighted by atomic mass is 19.1. The molecule has 1 aliphatic rings. The zero-order valence-corrected chi connectivity index (χ0v) is 17.2. The van der Waals surface area contributed by atoms with Crippen molar-refractivity contribution in [2.75, 3.05) is 25.0 Å². The standard InChI is InChI=1S/C22H24FN3O6/c23-15-5-7-16(8-6-15)24-22(31)26-11-1-2-19(27)18(12-26)25-21(30)14-3-9-17(10-4-14)32-13-20(28)29/h3-10,18-19,27H,1-2,11-13H2,(H,24,31)(H,25,30)(H,28,29)/t18-,19+/m0/s1. The van der Waals surface area contributed by atoms with E-state index in [4.69, 9.17) is 9.84 Å². The van der Waals surface area contributed by atoms with E-state index < -0.39 is 42.5 Å². The average Bonchev–Trinajstić information content (AvgIpc) is 2.95. The van der Waals surface area contributed by atoms with Crippen LogP contribution < -0.4 is 15.4 Å².